The maximum atomic E-state index is 12.3. The highest BCUT2D eigenvalue weighted by atomic mass is 32.1. The molecule has 4 aromatic rings. The van der Waals surface area contributed by atoms with Crippen molar-refractivity contribution in [3.05, 3.63) is 88.6 Å². The van der Waals surface area contributed by atoms with Crippen molar-refractivity contribution in [2.75, 3.05) is 18.0 Å². The number of aromatic amines is 1. The minimum Gasteiger partial charge on any atom is -0.367 e. The molecule has 0 fully saturated rings. The monoisotopic (exact) mass is 474 g/mol. The summed E-state index contributed by atoms with van der Waals surface area (Å²) in [6.45, 7) is 7.97. The van der Waals surface area contributed by atoms with E-state index in [2.05, 4.69) is 48.1 Å². The van der Waals surface area contributed by atoms with Crippen LogP contribution in [0, 0.1) is 6.92 Å². The minimum atomic E-state index is -0.436. The van der Waals surface area contributed by atoms with Gasteiger partial charge in [-0.1, -0.05) is 43.7 Å². The molecule has 0 aliphatic rings. The number of nitrogens with two attached hydrogens (primary N) is 1. The lowest BCUT2D eigenvalue weighted by Gasteiger charge is -2.22. The van der Waals surface area contributed by atoms with E-state index in [4.69, 9.17) is 5.73 Å². The number of aromatic nitrogens is 1. The number of anilines is 1. The SMILES string of the molecule is CCCCN(CCc1c(C)sc2ccc(N(Cc3ccccc3)C(N)=O)cc12)Cc1cc[nH]c1. The van der Waals surface area contributed by atoms with E-state index in [-0.39, 0.29) is 0 Å². The molecule has 0 spiro atoms. The van der Waals surface area contributed by atoms with Crippen LogP contribution in [-0.4, -0.2) is 29.0 Å². The molecule has 0 bridgehead atoms. The van der Waals surface area contributed by atoms with E-state index in [1.54, 1.807) is 4.90 Å². The molecule has 178 valence electrons. The number of aryl methyl sites for hydroxylation is 1. The third-order valence-electron chi connectivity index (χ3n) is 6.31. The summed E-state index contributed by atoms with van der Waals surface area (Å²) in [5.41, 5.74) is 10.4. The third-order valence-corrected chi connectivity index (χ3v) is 7.44. The van der Waals surface area contributed by atoms with E-state index < -0.39 is 6.03 Å². The fraction of sp³-hybridized carbons (Fsp3) is 0.321. The van der Waals surface area contributed by atoms with Crippen LogP contribution in [0.15, 0.2) is 67.0 Å². The lowest BCUT2D eigenvalue weighted by atomic mass is 10.1. The molecular weight excluding hydrogens is 440 g/mol. The Kier molecular flexibility index (Phi) is 8.03. The first kappa shape index (κ1) is 24.0. The highest BCUT2D eigenvalue weighted by Gasteiger charge is 2.17. The Labute approximate surface area is 206 Å². The Morgan fingerprint density at radius 1 is 1.03 bits per heavy atom. The van der Waals surface area contributed by atoms with E-state index >= 15 is 0 Å². The normalized spacial score (nSPS) is 11.4. The number of H-pyrrole nitrogens is 1. The number of rotatable bonds is 11. The zero-order chi connectivity index (χ0) is 23.9. The molecule has 2 aromatic carbocycles. The Bertz CT molecular complexity index is 1200. The molecule has 3 N–H and O–H groups in total. The Morgan fingerprint density at radius 2 is 1.85 bits per heavy atom. The lowest BCUT2D eigenvalue weighted by Crippen LogP contribution is -2.35. The van der Waals surface area contributed by atoms with Crippen LogP contribution < -0.4 is 10.6 Å². The average molecular weight is 475 g/mol. The van der Waals surface area contributed by atoms with Crippen molar-refractivity contribution in [2.24, 2.45) is 5.73 Å². The number of nitrogens with zero attached hydrogens (tertiary/aromatic N) is 2. The van der Waals surface area contributed by atoms with Gasteiger partial charge in [0.25, 0.3) is 0 Å². The van der Waals surface area contributed by atoms with Crippen molar-refractivity contribution in [1.82, 2.24) is 9.88 Å². The number of fused-ring (bicyclic) bond motifs is 1. The van der Waals surface area contributed by atoms with E-state index in [1.807, 2.05) is 53.9 Å². The first-order valence-corrected chi connectivity index (χ1v) is 12.8. The van der Waals surface area contributed by atoms with E-state index in [0.717, 1.165) is 37.3 Å². The summed E-state index contributed by atoms with van der Waals surface area (Å²) in [6, 6.07) is 18.0. The molecule has 0 radical (unpaired) electrons. The Morgan fingerprint density at radius 3 is 2.56 bits per heavy atom. The fourth-order valence-corrected chi connectivity index (χ4v) is 5.53. The average Bonchev–Trinajstić information content (AvgIpc) is 3.46. The number of thiophene rings is 1. The quantitative estimate of drug-likeness (QED) is 0.262. The van der Waals surface area contributed by atoms with Gasteiger partial charge in [-0.25, -0.2) is 4.79 Å². The molecule has 0 atom stereocenters. The van der Waals surface area contributed by atoms with Gasteiger partial charge in [0.2, 0.25) is 0 Å². The number of unbranched alkanes of at least 4 members (excludes halogenated alkanes) is 1. The van der Waals surface area contributed by atoms with Crippen LogP contribution >= 0.6 is 11.3 Å². The largest absolute Gasteiger partial charge is 0.367 e. The van der Waals surface area contributed by atoms with Gasteiger partial charge >= 0.3 is 6.03 Å². The van der Waals surface area contributed by atoms with Crippen molar-refractivity contribution in [3.8, 4) is 0 Å². The van der Waals surface area contributed by atoms with Crippen LogP contribution in [0.1, 0.15) is 41.3 Å². The molecule has 0 saturated heterocycles. The maximum absolute atomic E-state index is 12.3. The summed E-state index contributed by atoms with van der Waals surface area (Å²) in [7, 11) is 0. The van der Waals surface area contributed by atoms with Gasteiger partial charge in [0.15, 0.2) is 0 Å². The van der Waals surface area contributed by atoms with E-state index in [0.29, 0.717) is 6.54 Å². The van der Waals surface area contributed by atoms with Crippen LogP contribution in [0.4, 0.5) is 10.5 Å². The standard InChI is InChI=1S/C28H34N4OS/c1-3-4-15-31(19-23-12-14-30-18-23)16-13-25-21(2)34-27-11-10-24(17-26(25)27)32(28(29)33)20-22-8-6-5-7-9-22/h5-12,14,17-18,30H,3-4,13,15-16,19-20H2,1-2H3,(H2,29,33). The smallest absolute Gasteiger partial charge is 0.319 e. The van der Waals surface area contributed by atoms with Gasteiger partial charge in [-0.15, -0.1) is 11.3 Å². The van der Waals surface area contributed by atoms with Crippen molar-refractivity contribution in [3.63, 3.8) is 0 Å². The second-order valence-electron chi connectivity index (χ2n) is 8.83. The Hall–Kier alpha value is -3.09. The number of primary amides is 1. The second kappa shape index (κ2) is 11.4. The van der Waals surface area contributed by atoms with Crippen molar-refractivity contribution >= 4 is 33.1 Å². The van der Waals surface area contributed by atoms with Crippen molar-refractivity contribution < 1.29 is 4.79 Å². The van der Waals surface area contributed by atoms with E-state index in [9.17, 15) is 4.79 Å². The fourth-order valence-electron chi connectivity index (χ4n) is 4.44. The summed E-state index contributed by atoms with van der Waals surface area (Å²) < 4.78 is 1.26. The van der Waals surface area contributed by atoms with Gasteiger partial charge in [0, 0.05) is 40.7 Å². The zero-order valence-corrected chi connectivity index (χ0v) is 20.9. The van der Waals surface area contributed by atoms with Crippen molar-refractivity contribution in [1.29, 1.82) is 0 Å². The van der Waals surface area contributed by atoms with Crippen LogP contribution in [0.2, 0.25) is 0 Å². The van der Waals surface area contributed by atoms with Gasteiger partial charge in [-0.3, -0.25) is 9.80 Å². The van der Waals surface area contributed by atoms with Gasteiger partial charge in [0.05, 0.1) is 6.54 Å². The highest BCUT2D eigenvalue weighted by Crippen LogP contribution is 2.34. The molecule has 2 heterocycles. The number of carbonyl (C=O) groups excluding carboxylic acids is 1. The summed E-state index contributed by atoms with van der Waals surface area (Å²) in [5, 5.41) is 1.23. The summed E-state index contributed by atoms with van der Waals surface area (Å²) >= 11 is 1.83. The van der Waals surface area contributed by atoms with Crippen molar-refractivity contribution in [2.45, 2.75) is 46.2 Å². The van der Waals surface area contributed by atoms with Gasteiger partial charge in [-0.2, -0.15) is 0 Å². The molecule has 2 amide bonds. The molecule has 0 aliphatic heterocycles. The molecule has 4 rings (SSSR count). The molecule has 0 saturated carbocycles. The summed E-state index contributed by atoms with van der Waals surface area (Å²) in [6.07, 6.45) is 7.45. The van der Waals surface area contributed by atoms with Gasteiger partial charge in [0.1, 0.15) is 0 Å². The van der Waals surface area contributed by atoms with Gasteiger partial charge in [-0.05, 0) is 72.7 Å². The number of nitrogens with one attached hydrogen (secondary N) is 1. The van der Waals surface area contributed by atoms with E-state index in [1.165, 1.54) is 38.9 Å². The minimum absolute atomic E-state index is 0.436. The highest BCUT2D eigenvalue weighted by molar-refractivity contribution is 7.19. The number of hydrogen-bond acceptors (Lipinski definition) is 3. The molecule has 34 heavy (non-hydrogen) atoms. The van der Waals surface area contributed by atoms with Crippen LogP contribution in [-0.2, 0) is 19.5 Å². The summed E-state index contributed by atoms with van der Waals surface area (Å²) in [5.74, 6) is 0. The zero-order valence-electron chi connectivity index (χ0n) is 20.1. The number of carbonyl (C=O) groups is 1. The molecule has 5 nitrogen and oxygen atoms in total. The Balaban J connectivity index is 1.57. The number of hydrogen-bond donors (Lipinski definition) is 2. The predicted molar refractivity (Wildman–Crippen MR) is 143 cm³/mol. The molecule has 0 unspecified atom stereocenters. The first-order valence-electron chi connectivity index (χ1n) is 12.0. The predicted octanol–water partition coefficient (Wildman–Crippen LogP) is 6.47. The maximum Gasteiger partial charge on any atom is 0.319 e. The summed E-state index contributed by atoms with van der Waals surface area (Å²) in [4.78, 5) is 21.1. The van der Waals surface area contributed by atoms with Crippen LogP contribution in [0.3, 0.4) is 0 Å². The lowest BCUT2D eigenvalue weighted by molar-refractivity contribution is 0.253. The second-order valence-corrected chi connectivity index (χ2v) is 10.1. The molecular formula is C28H34N4OS. The molecule has 0 aliphatic carbocycles. The van der Waals surface area contributed by atoms with Crippen LogP contribution in [0.25, 0.3) is 10.1 Å². The number of benzene rings is 2. The third kappa shape index (κ3) is 5.88. The van der Waals surface area contributed by atoms with Crippen LogP contribution in [0.5, 0.6) is 0 Å². The first-order chi connectivity index (χ1) is 16.5. The number of amides is 2. The topological polar surface area (TPSA) is 65.4 Å². The van der Waals surface area contributed by atoms with Gasteiger partial charge < -0.3 is 10.7 Å². The molecule has 2 aromatic heterocycles. The number of urea groups is 1. The molecule has 6 heteroatoms.